The minimum atomic E-state index is -0.606. The highest BCUT2D eigenvalue weighted by Gasteiger charge is 2.28. The number of carbonyl (C=O) groups is 2. The Kier molecular flexibility index (Phi) is 3.69. The standard InChI is InChI=1S/C17H12BrN3O4/c18-10-5-6-11-13(7-10)20(8-15(22)19-11)16(23)9-21-12-3-1-2-4-14(12)25-17(21)24/h1-7H,8-9H2,(H,19,22). The summed E-state index contributed by atoms with van der Waals surface area (Å²) in [5.74, 6) is -1.26. The zero-order chi connectivity index (χ0) is 17.6. The molecule has 2 aromatic carbocycles. The Bertz CT molecular complexity index is 1070. The van der Waals surface area contributed by atoms with E-state index in [1.165, 1.54) is 9.47 Å². The third kappa shape index (κ3) is 2.74. The lowest BCUT2D eigenvalue weighted by atomic mass is 10.2. The monoisotopic (exact) mass is 401 g/mol. The molecule has 1 aromatic heterocycles. The highest BCUT2D eigenvalue weighted by Crippen LogP contribution is 2.32. The Balaban J connectivity index is 1.72. The fraction of sp³-hybridized carbons (Fsp3) is 0.118. The third-order valence-corrected chi connectivity index (χ3v) is 4.49. The number of halogens is 1. The molecule has 1 aliphatic rings. The third-order valence-electron chi connectivity index (χ3n) is 3.99. The van der Waals surface area contributed by atoms with Gasteiger partial charge in [0.25, 0.3) is 0 Å². The first-order chi connectivity index (χ1) is 12.0. The summed E-state index contributed by atoms with van der Waals surface area (Å²) < 4.78 is 7.20. The molecular formula is C17H12BrN3O4. The Morgan fingerprint density at radius 1 is 1.20 bits per heavy atom. The van der Waals surface area contributed by atoms with Gasteiger partial charge in [0.1, 0.15) is 13.1 Å². The summed E-state index contributed by atoms with van der Waals surface area (Å²) in [5.41, 5.74) is 2.09. The zero-order valence-corrected chi connectivity index (χ0v) is 14.4. The van der Waals surface area contributed by atoms with E-state index in [9.17, 15) is 14.4 Å². The van der Waals surface area contributed by atoms with Crippen molar-refractivity contribution in [3.63, 3.8) is 0 Å². The lowest BCUT2D eigenvalue weighted by molar-refractivity contribution is -0.122. The molecule has 0 aliphatic carbocycles. The van der Waals surface area contributed by atoms with E-state index in [-0.39, 0.29) is 24.9 Å². The van der Waals surface area contributed by atoms with Gasteiger partial charge in [0, 0.05) is 4.47 Å². The maximum atomic E-state index is 12.8. The quantitative estimate of drug-likeness (QED) is 0.713. The van der Waals surface area contributed by atoms with Crippen molar-refractivity contribution in [1.82, 2.24) is 4.57 Å². The molecule has 0 radical (unpaired) electrons. The summed E-state index contributed by atoms with van der Waals surface area (Å²) >= 11 is 3.37. The molecule has 0 unspecified atom stereocenters. The van der Waals surface area contributed by atoms with Crippen molar-refractivity contribution in [2.45, 2.75) is 6.54 Å². The van der Waals surface area contributed by atoms with Gasteiger partial charge in [0.05, 0.1) is 16.9 Å². The van der Waals surface area contributed by atoms with Crippen molar-refractivity contribution in [3.8, 4) is 0 Å². The molecule has 0 saturated heterocycles. The molecule has 2 heterocycles. The van der Waals surface area contributed by atoms with Gasteiger partial charge < -0.3 is 9.73 Å². The fourth-order valence-electron chi connectivity index (χ4n) is 2.86. The van der Waals surface area contributed by atoms with E-state index in [1.54, 1.807) is 42.5 Å². The first-order valence-electron chi connectivity index (χ1n) is 7.51. The Morgan fingerprint density at radius 3 is 2.84 bits per heavy atom. The number of nitrogens with one attached hydrogen (secondary N) is 1. The van der Waals surface area contributed by atoms with Crippen molar-refractivity contribution in [2.75, 3.05) is 16.8 Å². The van der Waals surface area contributed by atoms with Crippen molar-refractivity contribution >= 4 is 50.2 Å². The number of hydrogen-bond donors (Lipinski definition) is 1. The molecule has 4 rings (SSSR count). The van der Waals surface area contributed by atoms with Crippen molar-refractivity contribution < 1.29 is 14.0 Å². The lowest BCUT2D eigenvalue weighted by Crippen LogP contribution is -2.44. The SMILES string of the molecule is O=C1CN(C(=O)Cn2c(=O)oc3ccccc32)c2cc(Br)ccc2N1. The van der Waals surface area contributed by atoms with Gasteiger partial charge in [0.15, 0.2) is 5.58 Å². The van der Waals surface area contributed by atoms with E-state index >= 15 is 0 Å². The molecule has 2 amide bonds. The first-order valence-corrected chi connectivity index (χ1v) is 8.30. The van der Waals surface area contributed by atoms with Crippen LogP contribution in [0.15, 0.2) is 56.1 Å². The van der Waals surface area contributed by atoms with Crippen LogP contribution >= 0.6 is 15.9 Å². The minimum Gasteiger partial charge on any atom is -0.408 e. The van der Waals surface area contributed by atoms with Gasteiger partial charge in [-0.3, -0.25) is 19.1 Å². The highest BCUT2D eigenvalue weighted by molar-refractivity contribution is 9.10. The van der Waals surface area contributed by atoms with Crippen molar-refractivity contribution in [3.05, 3.63) is 57.5 Å². The van der Waals surface area contributed by atoms with Gasteiger partial charge >= 0.3 is 5.76 Å². The van der Waals surface area contributed by atoms with Crippen molar-refractivity contribution in [2.24, 2.45) is 0 Å². The molecule has 3 aromatic rings. The van der Waals surface area contributed by atoms with Gasteiger partial charge in [-0.1, -0.05) is 28.1 Å². The van der Waals surface area contributed by atoms with Gasteiger partial charge in [-0.15, -0.1) is 0 Å². The molecule has 0 fully saturated rings. The number of oxazole rings is 1. The molecule has 0 saturated carbocycles. The molecule has 126 valence electrons. The topological polar surface area (TPSA) is 84.6 Å². The largest absolute Gasteiger partial charge is 0.420 e. The molecule has 0 bridgehead atoms. The second-order valence-corrected chi connectivity index (χ2v) is 6.53. The predicted molar refractivity (Wildman–Crippen MR) is 95.6 cm³/mol. The summed E-state index contributed by atoms with van der Waals surface area (Å²) in [7, 11) is 0. The van der Waals surface area contributed by atoms with Crippen LogP contribution in [0.3, 0.4) is 0 Å². The van der Waals surface area contributed by atoms with Crippen LogP contribution in [0.4, 0.5) is 11.4 Å². The molecule has 25 heavy (non-hydrogen) atoms. The number of benzene rings is 2. The van der Waals surface area contributed by atoms with Crippen molar-refractivity contribution in [1.29, 1.82) is 0 Å². The molecular weight excluding hydrogens is 390 g/mol. The smallest absolute Gasteiger partial charge is 0.408 e. The van der Waals surface area contributed by atoms with Crippen LogP contribution in [-0.4, -0.2) is 22.9 Å². The zero-order valence-electron chi connectivity index (χ0n) is 12.9. The fourth-order valence-corrected chi connectivity index (χ4v) is 3.21. The first kappa shape index (κ1) is 15.6. The van der Waals surface area contributed by atoms with E-state index in [1.807, 2.05) is 0 Å². The number of hydrogen-bond acceptors (Lipinski definition) is 4. The Labute approximate surface area is 150 Å². The molecule has 0 atom stereocenters. The lowest BCUT2D eigenvalue weighted by Gasteiger charge is -2.29. The van der Waals surface area contributed by atoms with E-state index < -0.39 is 5.76 Å². The molecule has 7 nitrogen and oxygen atoms in total. The van der Waals surface area contributed by atoms with E-state index in [0.29, 0.717) is 22.5 Å². The normalized spacial score (nSPS) is 13.6. The van der Waals surface area contributed by atoms with Gasteiger partial charge in [-0.25, -0.2) is 4.79 Å². The van der Waals surface area contributed by atoms with E-state index in [4.69, 9.17) is 4.42 Å². The number of nitrogens with zero attached hydrogens (tertiary/aromatic N) is 2. The summed E-state index contributed by atoms with van der Waals surface area (Å²) in [5, 5.41) is 2.73. The summed E-state index contributed by atoms with van der Waals surface area (Å²) in [4.78, 5) is 38.1. The van der Waals surface area contributed by atoms with Crippen LogP contribution < -0.4 is 16.0 Å². The maximum Gasteiger partial charge on any atom is 0.420 e. The maximum absolute atomic E-state index is 12.8. The summed E-state index contributed by atoms with van der Waals surface area (Å²) in [6.45, 7) is -0.318. The molecule has 0 spiro atoms. The average Bonchev–Trinajstić information content (AvgIpc) is 2.90. The number of aromatic nitrogens is 1. The summed E-state index contributed by atoms with van der Waals surface area (Å²) in [6.07, 6.45) is 0. The predicted octanol–water partition coefficient (Wildman–Crippen LogP) is 2.34. The van der Waals surface area contributed by atoms with Gasteiger partial charge in [-0.05, 0) is 30.3 Å². The van der Waals surface area contributed by atoms with E-state index in [2.05, 4.69) is 21.2 Å². The number of fused-ring (bicyclic) bond motifs is 2. The number of anilines is 2. The minimum absolute atomic E-state index is 0.104. The van der Waals surface area contributed by atoms with E-state index in [0.717, 1.165) is 4.47 Å². The summed E-state index contributed by atoms with van der Waals surface area (Å²) in [6, 6.07) is 12.1. The number of para-hydroxylation sites is 2. The second kappa shape index (κ2) is 5.89. The van der Waals surface area contributed by atoms with Crippen LogP contribution in [0.1, 0.15) is 0 Å². The van der Waals surface area contributed by atoms with Gasteiger partial charge in [0.2, 0.25) is 11.8 Å². The van der Waals surface area contributed by atoms with Crippen LogP contribution in [0, 0.1) is 0 Å². The Hall–Kier alpha value is -2.87. The number of rotatable bonds is 2. The molecule has 1 aliphatic heterocycles. The van der Waals surface area contributed by atoms with Crippen LogP contribution in [-0.2, 0) is 16.1 Å². The molecule has 8 heteroatoms. The Morgan fingerprint density at radius 2 is 2.00 bits per heavy atom. The number of amides is 2. The van der Waals surface area contributed by atoms with Gasteiger partial charge in [-0.2, -0.15) is 0 Å². The van der Waals surface area contributed by atoms with Crippen LogP contribution in [0.2, 0.25) is 0 Å². The molecule has 1 N–H and O–H groups in total. The second-order valence-electron chi connectivity index (χ2n) is 5.61. The van der Waals surface area contributed by atoms with Crippen LogP contribution in [0.5, 0.6) is 0 Å². The average molecular weight is 402 g/mol. The highest BCUT2D eigenvalue weighted by atomic mass is 79.9. The number of carbonyl (C=O) groups excluding carboxylic acids is 2. The van der Waals surface area contributed by atoms with Crippen LogP contribution in [0.25, 0.3) is 11.1 Å².